The molecule has 3 heterocycles. The second-order valence-corrected chi connectivity index (χ2v) is 9.30. The summed E-state index contributed by atoms with van der Waals surface area (Å²) >= 11 is 0. The van der Waals surface area contributed by atoms with Crippen LogP contribution < -0.4 is 19.1 Å². The van der Waals surface area contributed by atoms with Crippen molar-refractivity contribution < 1.29 is 19.0 Å². The lowest BCUT2D eigenvalue weighted by Crippen LogP contribution is -2.37. The van der Waals surface area contributed by atoms with Crippen LogP contribution in [0.25, 0.3) is 0 Å². The molecule has 2 aromatic carbocycles. The average molecular weight is 489 g/mol. The minimum absolute atomic E-state index is 0.0977. The summed E-state index contributed by atoms with van der Waals surface area (Å²) in [5.41, 5.74) is 3.42. The second-order valence-electron chi connectivity index (χ2n) is 9.30. The van der Waals surface area contributed by atoms with E-state index >= 15 is 0 Å². The lowest BCUT2D eigenvalue weighted by molar-refractivity contribution is 0.0731. The minimum Gasteiger partial charge on any atom is -0.497 e. The van der Waals surface area contributed by atoms with Gasteiger partial charge in [-0.3, -0.25) is 4.79 Å². The Morgan fingerprint density at radius 1 is 0.889 bits per heavy atom. The van der Waals surface area contributed by atoms with Crippen LogP contribution in [0.2, 0.25) is 0 Å². The van der Waals surface area contributed by atoms with Gasteiger partial charge in [-0.1, -0.05) is 12.1 Å². The fraction of sp³-hybridized carbons (Fsp3) is 0.393. The molecule has 8 nitrogen and oxygen atoms in total. The Balaban J connectivity index is 1.48. The molecule has 8 heteroatoms. The van der Waals surface area contributed by atoms with Gasteiger partial charge in [0.05, 0.1) is 32.0 Å². The molecular formula is C28H32N4O4. The minimum atomic E-state index is -0.0977. The fourth-order valence-corrected chi connectivity index (χ4v) is 4.77. The number of nitrogens with zero attached hydrogens (tertiary/aromatic N) is 4. The number of anilines is 1. The molecular weight excluding hydrogens is 456 g/mol. The number of carbonyl (C=O) groups is 1. The van der Waals surface area contributed by atoms with Gasteiger partial charge in [0, 0.05) is 37.7 Å². The van der Waals surface area contributed by atoms with Crippen LogP contribution in [-0.4, -0.2) is 54.6 Å². The molecule has 0 aliphatic carbocycles. The van der Waals surface area contributed by atoms with E-state index in [0.717, 1.165) is 48.5 Å². The van der Waals surface area contributed by atoms with Gasteiger partial charge >= 0.3 is 0 Å². The molecule has 0 bridgehead atoms. The molecule has 0 radical (unpaired) electrons. The summed E-state index contributed by atoms with van der Waals surface area (Å²) in [6.45, 7) is 4.86. The standard InChI is InChI=1S/C28H32N4O4/c1-19-8-7-9-21(14-19)36-26-24-18-32(27(33)20-15-22(34-2)17-23(16-20)35-3)13-10-25(24)29-28(30-26)31-11-5-4-6-12-31/h7-9,14-17H,4-6,10-13,18H2,1-3H3. The first-order chi connectivity index (χ1) is 17.5. The first kappa shape index (κ1) is 23.9. The maximum absolute atomic E-state index is 13.5. The molecule has 0 N–H and O–H groups in total. The molecule has 0 atom stereocenters. The summed E-state index contributed by atoms with van der Waals surface area (Å²) in [5.74, 6) is 3.02. The summed E-state index contributed by atoms with van der Waals surface area (Å²) in [6.07, 6.45) is 4.15. The van der Waals surface area contributed by atoms with Crippen LogP contribution in [0, 0.1) is 6.92 Å². The molecule has 5 rings (SSSR count). The number of aryl methyl sites for hydroxylation is 1. The van der Waals surface area contributed by atoms with Crippen molar-refractivity contribution in [2.75, 3.05) is 38.8 Å². The van der Waals surface area contributed by atoms with Crippen molar-refractivity contribution in [3.63, 3.8) is 0 Å². The smallest absolute Gasteiger partial charge is 0.254 e. The van der Waals surface area contributed by atoms with Gasteiger partial charge in [-0.05, 0) is 56.0 Å². The highest BCUT2D eigenvalue weighted by atomic mass is 16.5. The molecule has 0 saturated carbocycles. The molecule has 1 aromatic heterocycles. The maximum Gasteiger partial charge on any atom is 0.254 e. The number of piperidine rings is 1. The third-order valence-corrected chi connectivity index (χ3v) is 6.74. The van der Waals surface area contributed by atoms with Crippen molar-refractivity contribution in [1.29, 1.82) is 0 Å². The van der Waals surface area contributed by atoms with Crippen molar-refractivity contribution in [3.05, 3.63) is 64.8 Å². The molecule has 36 heavy (non-hydrogen) atoms. The molecule has 3 aromatic rings. The highest BCUT2D eigenvalue weighted by Crippen LogP contribution is 2.33. The predicted molar refractivity (Wildman–Crippen MR) is 137 cm³/mol. The zero-order valence-electron chi connectivity index (χ0n) is 21.1. The van der Waals surface area contributed by atoms with Gasteiger partial charge in [-0.15, -0.1) is 0 Å². The van der Waals surface area contributed by atoms with Gasteiger partial charge in [-0.2, -0.15) is 4.98 Å². The van der Waals surface area contributed by atoms with Crippen LogP contribution in [0.1, 0.15) is 46.4 Å². The number of benzene rings is 2. The summed E-state index contributed by atoms with van der Waals surface area (Å²) in [6, 6.07) is 13.1. The molecule has 1 saturated heterocycles. The molecule has 188 valence electrons. The van der Waals surface area contributed by atoms with E-state index in [9.17, 15) is 4.79 Å². The van der Waals surface area contributed by atoms with Gasteiger partial charge < -0.3 is 24.0 Å². The van der Waals surface area contributed by atoms with Crippen LogP contribution in [0.3, 0.4) is 0 Å². The van der Waals surface area contributed by atoms with E-state index in [1.165, 1.54) is 6.42 Å². The summed E-state index contributed by atoms with van der Waals surface area (Å²) in [4.78, 5) is 27.4. The SMILES string of the molecule is COc1cc(OC)cc(C(=O)N2CCc3nc(N4CCCCC4)nc(Oc4cccc(C)c4)c3C2)c1. The maximum atomic E-state index is 13.5. The van der Waals surface area contributed by atoms with Crippen molar-refractivity contribution >= 4 is 11.9 Å². The molecule has 0 unspecified atom stereocenters. The van der Waals surface area contributed by atoms with Crippen LogP contribution in [0.15, 0.2) is 42.5 Å². The quantitative estimate of drug-likeness (QED) is 0.494. The number of rotatable bonds is 6. The lowest BCUT2D eigenvalue weighted by atomic mass is 10.0. The highest BCUT2D eigenvalue weighted by Gasteiger charge is 2.29. The van der Waals surface area contributed by atoms with E-state index in [-0.39, 0.29) is 5.91 Å². The van der Waals surface area contributed by atoms with Gasteiger partial charge in [0.25, 0.3) is 5.91 Å². The van der Waals surface area contributed by atoms with Crippen molar-refractivity contribution in [3.8, 4) is 23.1 Å². The van der Waals surface area contributed by atoms with Crippen LogP contribution in [0.5, 0.6) is 23.1 Å². The number of aromatic nitrogens is 2. The Morgan fingerprint density at radius 2 is 1.64 bits per heavy atom. The first-order valence-electron chi connectivity index (χ1n) is 12.5. The normalized spacial score (nSPS) is 15.3. The summed E-state index contributed by atoms with van der Waals surface area (Å²) in [7, 11) is 3.15. The Bertz CT molecular complexity index is 1230. The lowest BCUT2D eigenvalue weighted by Gasteiger charge is -2.32. The van der Waals surface area contributed by atoms with E-state index in [1.54, 1.807) is 32.4 Å². The van der Waals surface area contributed by atoms with E-state index in [2.05, 4.69) is 4.90 Å². The van der Waals surface area contributed by atoms with Gasteiger partial charge in [0.2, 0.25) is 11.8 Å². The zero-order chi connectivity index (χ0) is 25.1. The third-order valence-electron chi connectivity index (χ3n) is 6.74. The Morgan fingerprint density at radius 3 is 2.33 bits per heavy atom. The third kappa shape index (κ3) is 5.08. The highest BCUT2D eigenvalue weighted by molar-refractivity contribution is 5.95. The number of amides is 1. The number of ether oxygens (including phenoxy) is 3. The monoisotopic (exact) mass is 488 g/mol. The molecule has 0 spiro atoms. The number of fused-ring (bicyclic) bond motifs is 1. The molecule has 2 aliphatic rings. The van der Waals surface area contributed by atoms with E-state index in [0.29, 0.717) is 48.4 Å². The Hall–Kier alpha value is -3.81. The average Bonchev–Trinajstić information content (AvgIpc) is 2.92. The van der Waals surface area contributed by atoms with E-state index < -0.39 is 0 Å². The van der Waals surface area contributed by atoms with E-state index in [1.807, 2.05) is 36.1 Å². The van der Waals surface area contributed by atoms with Gasteiger partial charge in [0.1, 0.15) is 17.2 Å². The van der Waals surface area contributed by atoms with Crippen molar-refractivity contribution in [2.24, 2.45) is 0 Å². The molecule has 2 aliphatic heterocycles. The fourth-order valence-electron chi connectivity index (χ4n) is 4.77. The first-order valence-corrected chi connectivity index (χ1v) is 12.5. The molecule has 1 amide bonds. The van der Waals surface area contributed by atoms with Gasteiger partial charge in [-0.25, -0.2) is 4.98 Å². The summed E-state index contributed by atoms with van der Waals surface area (Å²) in [5, 5.41) is 0. The number of hydrogen-bond acceptors (Lipinski definition) is 7. The summed E-state index contributed by atoms with van der Waals surface area (Å²) < 4.78 is 17.1. The predicted octanol–water partition coefficient (Wildman–Crippen LogP) is 4.78. The van der Waals surface area contributed by atoms with Crippen LogP contribution in [-0.2, 0) is 13.0 Å². The van der Waals surface area contributed by atoms with Crippen molar-refractivity contribution in [2.45, 2.75) is 39.2 Å². The molecule has 1 fully saturated rings. The van der Waals surface area contributed by atoms with E-state index in [4.69, 9.17) is 24.2 Å². The second kappa shape index (κ2) is 10.4. The topological polar surface area (TPSA) is 77.0 Å². The number of carbonyl (C=O) groups excluding carboxylic acids is 1. The zero-order valence-corrected chi connectivity index (χ0v) is 21.1. The van der Waals surface area contributed by atoms with Crippen LogP contribution >= 0.6 is 0 Å². The van der Waals surface area contributed by atoms with Crippen molar-refractivity contribution in [1.82, 2.24) is 14.9 Å². The Labute approximate surface area is 211 Å². The number of methoxy groups -OCH3 is 2. The largest absolute Gasteiger partial charge is 0.497 e. The number of hydrogen-bond donors (Lipinski definition) is 0. The van der Waals surface area contributed by atoms with Crippen LogP contribution in [0.4, 0.5) is 5.95 Å². The van der Waals surface area contributed by atoms with Gasteiger partial charge in [0.15, 0.2) is 0 Å². The Kier molecular flexibility index (Phi) is 6.93.